The first-order chi connectivity index (χ1) is 11.8. The third kappa shape index (κ3) is 2.46. The first-order valence-corrected chi connectivity index (χ1v) is 8.34. The Bertz CT molecular complexity index is 748. The molecule has 0 bridgehead atoms. The van der Waals surface area contributed by atoms with Gasteiger partial charge in [0.05, 0.1) is 17.6 Å². The van der Waals surface area contributed by atoms with E-state index < -0.39 is 0 Å². The third-order valence-electron chi connectivity index (χ3n) is 4.97. The van der Waals surface area contributed by atoms with Crippen LogP contribution in [0.5, 0.6) is 0 Å². The van der Waals surface area contributed by atoms with Crippen molar-refractivity contribution in [3.8, 4) is 0 Å². The van der Waals surface area contributed by atoms with Crippen LogP contribution in [0.15, 0.2) is 54.9 Å². The Kier molecular flexibility index (Phi) is 3.76. The Morgan fingerprint density at radius 3 is 2.62 bits per heavy atom. The lowest BCUT2D eigenvalue weighted by atomic mass is 9.95. The molecule has 4 rings (SSSR count). The molecule has 1 aromatic heterocycles. The molecule has 2 aromatic rings. The van der Waals surface area contributed by atoms with E-state index in [9.17, 15) is 9.59 Å². The quantitative estimate of drug-likeness (QED) is 0.854. The van der Waals surface area contributed by atoms with Crippen molar-refractivity contribution in [3.63, 3.8) is 0 Å². The number of likely N-dealkylation sites (tertiary alicyclic amines) is 1. The van der Waals surface area contributed by atoms with Crippen LogP contribution >= 0.6 is 0 Å². The maximum Gasteiger partial charge on any atom is 0.255 e. The van der Waals surface area contributed by atoms with Gasteiger partial charge in [0, 0.05) is 31.0 Å². The van der Waals surface area contributed by atoms with E-state index in [1.165, 1.54) is 0 Å². The molecule has 5 heteroatoms. The molecule has 0 aliphatic carbocycles. The van der Waals surface area contributed by atoms with Crippen LogP contribution in [0.25, 0.3) is 0 Å². The number of pyridine rings is 1. The zero-order chi connectivity index (χ0) is 16.5. The fraction of sp³-hybridized carbons (Fsp3) is 0.316. The van der Waals surface area contributed by atoms with Crippen molar-refractivity contribution in [2.45, 2.75) is 31.3 Å². The molecule has 0 radical (unpaired) electrons. The molecule has 2 aliphatic rings. The summed E-state index contributed by atoms with van der Waals surface area (Å²) in [5.74, 6) is 0.163. The smallest absolute Gasteiger partial charge is 0.255 e. The molecule has 2 aliphatic heterocycles. The summed E-state index contributed by atoms with van der Waals surface area (Å²) >= 11 is 0. The van der Waals surface area contributed by atoms with Crippen molar-refractivity contribution < 1.29 is 9.59 Å². The van der Waals surface area contributed by atoms with Crippen LogP contribution in [-0.2, 0) is 4.79 Å². The molecule has 2 fully saturated rings. The summed E-state index contributed by atoms with van der Waals surface area (Å²) < 4.78 is 0. The summed E-state index contributed by atoms with van der Waals surface area (Å²) in [4.78, 5) is 33.2. The van der Waals surface area contributed by atoms with Crippen LogP contribution in [0.1, 0.15) is 29.6 Å². The molecule has 2 saturated heterocycles. The summed E-state index contributed by atoms with van der Waals surface area (Å²) in [6.07, 6.45) is 5.31. The summed E-state index contributed by atoms with van der Waals surface area (Å²) in [5.41, 5.74) is 1.54. The largest absolute Gasteiger partial charge is 0.333 e. The highest BCUT2D eigenvalue weighted by Crippen LogP contribution is 2.35. The summed E-state index contributed by atoms with van der Waals surface area (Å²) in [5, 5.41) is 0. The number of anilines is 1. The van der Waals surface area contributed by atoms with Crippen molar-refractivity contribution in [2.75, 3.05) is 11.4 Å². The number of para-hydroxylation sites is 1. The van der Waals surface area contributed by atoms with E-state index in [1.807, 2.05) is 40.1 Å². The molecule has 5 nitrogen and oxygen atoms in total. The molecule has 0 spiro atoms. The van der Waals surface area contributed by atoms with Gasteiger partial charge in [-0.2, -0.15) is 0 Å². The van der Waals surface area contributed by atoms with Gasteiger partial charge in [-0.05, 0) is 37.1 Å². The van der Waals surface area contributed by atoms with Gasteiger partial charge in [-0.25, -0.2) is 0 Å². The number of benzene rings is 1. The average molecular weight is 321 g/mol. The number of carbonyl (C=O) groups is 2. The van der Waals surface area contributed by atoms with E-state index in [1.54, 1.807) is 24.5 Å². The van der Waals surface area contributed by atoms with Gasteiger partial charge in [0.25, 0.3) is 5.91 Å². The molecular weight excluding hydrogens is 302 g/mol. The van der Waals surface area contributed by atoms with E-state index >= 15 is 0 Å². The Morgan fingerprint density at radius 1 is 1.04 bits per heavy atom. The van der Waals surface area contributed by atoms with E-state index in [2.05, 4.69) is 4.98 Å². The minimum Gasteiger partial charge on any atom is -0.333 e. The van der Waals surface area contributed by atoms with Crippen LogP contribution in [-0.4, -0.2) is 40.3 Å². The van der Waals surface area contributed by atoms with Gasteiger partial charge < -0.3 is 9.80 Å². The van der Waals surface area contributed by atoms with Crippen LogP contribution < -0.4 is 4.90 Å². The molecule has 2 amide bonds. The molecule has 3 heterocycles. The highest BCUT2D eigenvalue weighted by atomic mass is 16.2. The van der Waals surface area contributed by atoms with E-state index in [4.69, 9.17) is 0 Å². The van der Waals surface area contributed by atoms with Crippen molar-refractivity contribution >= 4 is 17.5 Å². The fourth-order valence-corrected chi connectivity index (χ4v) is 3.89. The molecule has 1 aromatic carbocycles. The fourth-order valence-electron chi connectivity index (χ4n) is 3.89. The van der Waals surface area contributed by atoms with Crippen LogP contribution in [0, 0.1) is 0 Å². The van der Waals surface area contributed by atoms with Gasteiger partial charge >= 0.3 is 0 Å². The van der Waals surface area contributed by atoms with E-state index in [-0.39, 0.29) is 23.9 Å². The Balaban J connectivity index is 1.61. The predicted molar refractivity (Wildman–Crippen MR) is 90.6 cm³/mol. The molecule has 24 heavy (non-hydrogen) atoms. The zero-order valence-electron chi connectivity index (χ0n) is 13.3. The highest BCUT2D eigenvalue weighted by Gasteiger charge is 2.45. The Morgan fingerprint density at radius 2 is 1.88 bits per heavy atom. The lowest BCUT2D eigenvalue weighted by Crippen LogP contribution is -2.53. The molecule has 0 unspecified atom stereocenters. The number of rotatable bonds is 2. The minimum atomic E-state index is 0.0120. The summed E-state index contributed by atoms with van der Waals surface area (Å²) in [7, 11) is 0. The monoisotopic (exact) mass is 321 g/mol. The number of aromatic nitrogens is 1. The number of piperidine rings is 1. The summed E-state index contributed by atoms with van der Waals surface area (Å²) in [6.45, 7) is 0.680. The van der Waals surface area contributed by atoms with Gasteiger partial charge in [0.1, 0.15) is 0 Å². The van der Waals surface area contributed by atoms with E-state index in [0.29, 0.717) is 18.5 Å². The van der Waals surface area contributed by atoms with Crippen molar-refractivity contribution in [2.24, 2.45) is 0 Å². The van der Waals surface area contributed by atoms with E-state index in [0.717, 1.165) is 18.5 Å². The number of amides is 2. The Hall–Kier alpha value is -2.69. The SMILES string of the molecule is O=C(c1cccnc1)N1CC[C@H]2[C@@H]1CCC(=O)N2c1ccccc1. The van der Waals surface area contributed by atoms with Gasteiger partial charge in [0.15, 0.2) is 0 Å². The lowest BCUT2D eigenvalue weighted by molar-refractivity contribution is -0.120. The molecule has 2 atom stereocenters. The molecular formula is C19H19N3O2. The Labute approximate surface area is 140 Å². The average Bonchev–Trinajstić information content (AvgIpc) is 3.06. The first kappa shape index (κ1) is 14.9. The van der Waals surface area contributed by atoms with Crippen LogP contribution in [0.3, 0.4) is 0 Å². The molecule has 0 N–H and O–H groups in total. The maximum atomic E-state index is 12.8. The van der Waals surface area contributed by atoms with Crippen molar-refractivity contribution in [3.05, 3.63) is 60.4 Å². The standard InChI is InChI=1S/C19H19N3O2/c23-18-9-8-16-17(22(18)15-6-2-1-3-7-15)10-12-21(16)19(24)14-5-4-11-20-13-14/h1-7,11,13,16-17H,8-10,12H2/t16-,17-/m0/s1. The number of hydrogen-bond acceptors (Lipinski definition) is 3. The number of nitrogens with zero attached hydrogens (tertiary/aromatic N) is 3. The second kappa shape index (κ2) is 6.07. The highest BCUT2D eigenvalue weighted by molar-refractivity contribution is 5.97. The lowest BCUT2D eigenvalue weighted by Gasteiger charge is -2.39. The van der Waals surface area contributed by atoms with Crippen molar-refractivity contribution in [1.29, 1.82) is 0 Å². The topological polar surface area (TPSA) is 53.5 Å². The number of carbonyl (C=O) groups excluding carboxylic acids is 2. The van der Waals surface area contributed by atoms with Gasteiger partial charge in [-0.1, -0.05) is 18.2 Å². The number of hydrogen-bond donors (Lipinski definition) is 0. The van der Waals surface area contributed by atoms with Gasteiger partial charge in [0.2, 0.25) is 5.91 Å². The predicted octanol–water partition coefficient (Wildman–Crippen LogP) is 2.49. The third-order valence-corrected chi connectivity index (χ3v) is 4.97. The molecule has 122 valence electrons. The van der Waals surface area contributed by atoms with Gasteiger partial charge in [-0.3, -0.25) is 14.6 Å². The van der Waals surface area contributed by atoms with Crippen LogP contribution in [0.2, 0.25) is 0 Å². The minimum absolute atomic E-state index is 0.0120. The normalized spacial score (nSPS) is 23.2. The first-order valence-electron chi connectivity index (χ1n) is 8.34. The summed E-state index contributed by atoms with van der Waals surface area (Å²) in [6, 6.07) is 13.5. The zero-order valence-corrected chi connectivity index (χ0v) is 13.3. The molecule has 0 saturated carbocycles. The van der Waals surface area contributed by atoms with Gasteiger partial charge in [-0.15, -0.1) is 0 Å². The second-order valence-electron chi connectivity index (χ2n) is 6.30. The maximum absolute atomic E-state index is 12.8. The van der Waals surface area contributed by atoms with Crippen molar-refractivity contribution in [1.82, 2.24) is 9.88 Å². The van der Waals surface area contributed by atoms with Crippen LogP contribution in [0.4, 0.5) is 5.69 Å². The number of fused-ring (bicyclic) bond motifs is 1. The second-order valence-corrected chi connectivity index (χ2v) is 6.30.